The highest BCUT2D eigenvalue weighted by atomic mass is 32.1. The van der Waals surface area contributed by atoms with Gasteiger partial charge in [0.2, 0.25) is 0 Å². The Morgan fingerprint density at radius 1 is 1.10 bits per heavy atom. The van der Waals surface area contributed by atoms with Gasteiger partial charge in [-0.05, 0) is 39.6 Å². The Labute approximate surface area is 121 Å². The molecule has 98 valence electrons. The fourth-order valence-corrected chi connectivity index (χ4v) is 3.72. The van der Waals surface area contributed by atoms with E-state index >= 15 is 0 Å². The van der Waals surface area contributed by atoms with Gasteiger partial charge in [0.1, 0.15) is 0 Å². The molecular weight excluding hydrogens is 264 g/mol. The van der Waals surface area contributed by atoms with Crippen LogP contribution in [0.25, 0.3) is 20.9 Å². The van der Waals surface area contributed by atoms with Gasteiger partial charge in [-0.1, -0.05) is 30.3 Å². The van der Waals surface area contributed by atoms with Crippen LogP contribution in [0.3, 0.4) is 0 Å². The summed E-state index contributed by atoms with van der Waals surface area (Å²) in [6.07, 6.45) is 6.77. The van der Waals surface area contributed by atoms with Crippen molar-refractivity contribution in [3.63, 3.8) is 0 Å². The van der Waals surface area contributed by atoms with Crippen molar-refractivity contribution in [3.05, 3.63) is 66.1 Å². The number of hydrogen-bond donors (Lipinski definition) is 0. The molecule has 0 saturated heterocycles. The molecule has 4 rings (SSSR count). The van der Waals surface area contributed by atoms with Crippen molar-refractivity contribution in [2.75, 3.05) is 0 Å². The standard InChI is InChI=1S/C17H14N2S/c1-2-4-15-13(3-1)11-14(16-6-10-20-17(15)16)5-8-19-9-7-18-12-19/h1-4,6-7,9-12H,5,8H2. The molecule has 0 atom stereocenters. The van der Waals surface area contributed by atoms with Crippen molar-refractivity contribution in [1.82, 2.24) is 9.55 Å². The monoisotopic (exact) mass is 278 g/mol. The van der Waals surface area contributed by atoms with E-state index in [1.165, 1.54) is 26.4 Å². The topological polar surface area (TPSA) is 17.8 Å². The fourth-order valence-electron chi connectivity index (χ4n) is 2.74. The Morgan fingerprint density at radius 3 is 2.95 bits per heavy atom. The van der Waals surface area contributed by atoms with Crippen LogP contribution in [0.2, 0.25) is 0 Å². The molecule has 0 amide bonds. The smallest absolute Gasteiger partial charge is 0.0946 e. The summed E-state index contributed by atoms with van der Waals surface area (Å²) in [5.41, 5.74) is 1.42. The zero-order valence-corrected chi connectivity index (χ0v) is 11.8. The minimum atomic E-state index is 0.975. The molecule has 20 heavy (non-hydrogen) atoms. The fraction of sp³-hybridized carbons (Fsp3) is 0.118. The number of rotatable bonds is 3. The first-order valence-electron chi connectivity index (χ1n) is 6.75. The van der Waals surface area contributed by atoms with E-state index in [2.05, 4.69) is 51.3 Å². The molecule has 3 heteroatoms. The van der Waals surface area contributed by atoms with E-state index in [1.807, 2.05) is 30.1 Å². The van der Waals surface area contributed by atoms with Crippen molar-refractivity contribution in [3.8, 4) is 0 Å². The molecule has 0 fully saturated rings. The molecule has 2 aromatic carbocycles. The molecule has 0 unspecified atom stereocenters. The molecule has 4 aromatic rings. The average molecular weight is 278 g/mol. The van der Waals surface area contributed by atoms with Crippen LogP contribution in [0.4, 0.5) is 0 Å². The number of imidazole rings is 1. The van der Waals surface area contributed by atoms with Gasteiger partial charge in [-0.15, -0.1) is 11.3 Å². The third-order valence-corrected chi connectivity index (χ3v) is 4.69. The lowest BCUT2D eigenvalue weighted by Crippen LogP contribution is -1.98. The van der Waals surface area contributed by atoms with Gasteiger partial charge in [0.15, 0.2) is 0 Å². The lowest BCUT2D eigenvalue weighted by atomic mass is 10.0. The first-order chi connectivity index (χ1) is 9.92. The van der Waals surface area contributed by atoms with Crippen molar-refractivity contribution in [1.29, 1.82) is 0 Å². The molecule has 2 nitrogen and oxygen atoms in total. The maximum atomic E-state index is 4.10. The largest absolute Gasteiger partial charge is 0.337 e. The summed E-state index contributed by atoms with van der Waals surface area (Å²) >= 11 is 1.84. The van der Waals surface area contributed by atoms with Gasteiger partial charge in [-0.2, -0.15) is 0 Å². The Morgan fingerprint density at radius 2 is 2.05 bits per heavy atom. The van der Waals surface area contributed by atoms with Crippen molar-refractivity contribution >= 4 is 32.2 Å². The van der Waals surface area contributed by atoms with E-state index in [9.17, 15) is 0 Å². The van der Waals surface area contributed by atoms with E-state index in [1.54, 1.807) is 0 Å². The Hall–Kier alpha value is -2.13. The summed E-state index contributed by atoms with van der Waals surface area (Å²) in [7, 11) is 0. The normalized spacial score (nSPS) is 11.4. The molecule has 2 heterocycles. The first-order valence-corrected chi connectivity index (χ1v) is 7.63. The van der Waals surface area contributed by atoms with Crippen LogP contribution in [0.5, 0.6) is 0 Å². The molecular formula is C17H14N2S. The average Bonchev–Trinajstić information content (AvgIpc) is 3.16. The van der Waals surface area contributed by atoms with Crippen LogP contribution in [0, 0.1) is 0 Å². The number of fused-ring (bicyclic) bond motifs is 3. The quantitative estimate of drug-likeness (QED) is 0.540. The van der Waals surface area contributed by atoms with Gasteiger partial charge in [0.25, 0.3) is 0 Å². The maximum absolute atomic E-state index is 4.10. The van der Waals surface area contributed by atoms with Crippen LogP contribution >= 0.6 is 11.3 Å². The Balaban J connectivity index is 1.82. The number of aryl methyl sites for hydroxylation is 2. The van der Waals surface area contributed by atoms with Gasteiger partial charge in [0, 0.05) is 23.6 Å². The summed E-state index contributed by atoms with van der Waals surface area (Å²) in [6.45, 7) is 0.975. The van der Waals surface area contributed by atoms with Gasteiger partial charge in [0.05, 0.1) is 6.33 Å². The minimum absolute atomic E-state index is 0.975. The van der Waals surface area contributed by atoms with E-state index < -0.39 is 0 Å². The molecule has 0 spiro atoms. The number of benzene rings is 2. The number of aromatic nitrogens is 2. The second-order valence-corrected chi connectivity index (χ2v) is 5.89. The number of thiophene rings is 1. The second kappa shape index (κ2) is 4.76. The lowest BCUT2D eigenvalue weighted by Gasteiger charge is -2.08. The van der Waals surface area contributed by atoms with E-state index in [-0.39, 0.29) is 0 Å². The predicted molar refractivity (Wildman–Crippen MR) is 85.3 cm³/mol. The maximum Gasteiger partial charge on any atom is 0.0946 e. The second-order valence-electron chi connectivity index (χ2n) is 4.97. The number of nitrogens with zero attached hydrogens (tertiary/aromatic N) is 2. The van der Waals surface area contributed by atoms with Gasteiger partial charge >= 0.3 is 0 Å². The van der Waals surface area contributed by atoms with Crippen LogP contribution in [0.1, 0.15) is 5.56 Å². The van der Waals surface area contributed by atoms with Gasteiger partial charge in [-0.25, -0.2) is 4.98 Å². The lowest BCUT2D eigenvalue weighted by molar-refractivity contribution is 0.698. The summed E-state index contributed by atoms with van der Waals surface area (Å²) in [5, 5.41) is 6.29. The third-order valence-electron chi connectivity index (χ3n) is 3.74. The summed E-state index contributed by atoms with van der Waals surface area (Å²) < 4.78 is 3.54. The van der Waals surface area contributed by atoms with E-state index in [0.717, 1.165) is 13.0 Å². The van der Waals surface area contributed by atoms with Crippen LogP contribution in [-0.4, -0.2) is 9.55 Å². The van der Waals surface area contributed by atoms with Crippen molar-refractivity contribution in [2.24, 2.45) is 0 Å². The third kappa shape index (κ3) is 1.91. The molecule has 0 saturated carbocycles. The van der Waals surface area contributed by atoms with Gasteiger partial charge in [-0.3, -0.25) is 0 Å². The summed E-state index contributed by atoms with van der Waals surface area (Å²) in [5.74, 6) is 0. The zero-order chi connectivity index (χ0) is 13.4. The molecule has 0 radical (unpaired) electrons. The molecule has 0 N–H and O–H groups in total. The molecule has 2 aromatic heterocycles. The SMILES string of the molecule is c1ccc2c(c1)cc(CCn1ccnc1)c1ccsc12. The Kier molecular flexibility index (Phi) is 2.78. The zero-order valence-electron chi connectivity index (χ0n) is 11.0. The van der Waals surface area contributed by atoms with Gasteiger partial charge < -0.3 is 4.57 Å². The van der Waals surface area contributed by atoms with Crippen LogP contribution in [0.15, 0.2) is 60.5 Å². The molecule has 0 aliphatic rings. The van der Waals surface area contributed by atoms with Crippen molar-refractivity contribution in [2.45, 2.75) is 13.0 Å². The predicted octanol–water partition coefficient (Wildman–Crippen LogP) is 4.49. The first kappa shape index (κ1) is 11.7. The summed E-state index contributed by atoms with van der Waals surface area (Å²) in [4.78, 5) is 4.10. The Bertz CT molecular complexity index is 859. The molecule has 0 aliphatic heterocycles. The summed E-state index contributed by atoms with van der Waals surface area (Å²) in [6, 6.07) is 13.2. The highest BCUT2D eigenvalue weighted by Gasteiger charge is 2.07. The van der Waals surface area contributed by atoms with Crippen LogP contribution in [-0.2, 0) is 13.0 Å². The van der Waals surface area contributed by atoms with E-state index in [4.69, 9.17) is 0 Å². The number of hydrogen-bond acceptors (Lipinski definition) is 2. The minimum Gasteiger partial charge on any atom is -0.337 e. The highest BCUT2D eigenvalue weighted by molar-refractivity contribution is 7.18. The molecule has 0 bridgehead atoms. The van der Waals surface area contributed by atoms with E-state index in [0.29, 0.717) is 0 Å². The van der Waals surface area contributed by atoms with Crippen molar-refractivity contribution < 1.29 is 0 Å². The van der Waals surface area contributed by atoms with Crippen LogP contribution < -0.4 is 0 Å². The highest BCUT2D eigenvalue weighted by Crippen LogP contribution is 2.33. The molecule has 0 aliphatic carbocycles.